The first kappa shape index (κ1) is 13.6. The highest BCUT2D eigenvalue weighted by atomic mass is 32.2. The molecule has 0 aliphatic rings. The maximum Gasteiger partial charge on any atom is 0.335 e. The Kier molecular flexibility index (Phi) is 3.90. The van der Waals surface area contributed by atoms with Crippen molar-refractivity contribution in [2.24, 2.45) is 0 Å². The highest BCUT2D eigenvalue weighted by molar-refractivity contribution is 7.98. The first-order valence-corrected chi connectivity index (χ1v) is 6.54. The molecule has 0 saturated heterocycles. The van der Waals surface area contributed by atoms with E-state index < -0.39 is 11.8 Å². The summed E-state index contributed by atoms with van der Waals surface area (Å²) in [5.74, 6) is 0.0597. The predicted octanol–water partition coefficient (Wildman–Crippen LogP) is 3.42. The molecule has 0 spiro atoms. The predicted molar refractivity (Wildman–Crippen MR) is 68.9 cm³/mol. The van der Waals surface area contributed by atoms with Gasteiger partial charge < -0.3 is 9.52 Å². The number of halogens is 1. The minimum atomic E-state index is -1.08. The van der Waals surface area contributed by atoms with Crippen LogP contribution >= 0.6 is 11.8 Å². The average molecular weight is 281 g/mol. The fourth-order valence-corrected chi connectivity index (χ4v) is 2.31. The van der Waals surface area contributed by atoms with Crippen LogP contribution in [0.3, 0.4) is 0 Å². The summed E-state index contributed by atoms with van der Waals surface area (Å²) in [5, 5.41) is 8.86. The van der Waals surface area contributed by atoms with Crippen molar-refractivity contribution in [3.8, 4) is 0 Å². The molecule has 0 unspecified atom stereocenters. The van der Waals surface area contributed by atoms with E-state index in [-0.39, 0.29) is 10.5 Å². The van der Waals surface area contributed by atoms with Gasteiger partial charge in [-0.2, -0.15) is 0 Å². The number of hydrogen-bond donors (Lipinski definition) is 1. The second kappa shape index (κ2) is 5.44. The molecule has 19 heavy (non-hydrogen) atoms. The third-order valence-corrected chi connectivity index (χ3v) is 3.62. The zero-order valence-corrected chi connectivity index (χ0v) is 11.3. The monoisotopic (exact) mass is 281 g/mol. The van der Waals surface area contributed by atoms with Crippen LogP contribution in [0.2, 0.25) is 0 Å². The molecule has 0 fully saturated rings. The number of nitrogens with zero attached hydrogens (tertiary/aromatic N) is 1. The molecule has 0 radical (unpaired) electrons. The lowest BCUT2D eigenvalue weighted by atomic mass is 10.2. The second-order valence-corrected chi connectivity index (χ2v) is 5.01. The van der Waals surface area contributed by atoms with Crippen LogP contribution in [0.4, 0.5) is 4.39 Å². The van der Waals surface area contributed by atoms with Gasteiger partial charge in [0.25, 0.3) is 0 Å². The fraction of sp³-hybridized carbons (Fsp3) is 0.231. The zero-order valence-electron chi connectivity index (χ0n) is 10.4. The van der Waals surface area contributed by atoms with E-state index in [2.05, 4.69) is 4.98 Å². The summed E-state index contributed by atoms with van der Waals surface area (Å²) in [6.07, 6.45) is 0. The number of thioether (sulfide) groups is 1. The van der Waals surface area contributed by atoms with Crippen LogP contribution < -0.4 is 0 Å². The van der Waals surface area contributed by atoms with Gasteiger partial charge in [-0.1, -0.05) is 0 Å². The van der Waals surface area contributed by atoms with Gasteiger partial charge in [-0.05, 0) is 32.0 Å². The second-order valence-electron chi connectivity index (χ2n) is 3.99. The van der Waals surface area contributed by atoms with Crippen molar-refractivity contribution in [2.45, 2.75) is 24.5 Å². The molecule has 1 heterocycles. The van der Waals surface area contributed by atoms with Crippen molar-refractivity contribution < 1.29 is 18.7 Å². The summed E-state index contributed by atoms with van der Waals surface area (Å²) in [6.45, 7) is 3.64. The first-order valence-electron chi connectivity index (χ1n) is 5.56. The lowest BCUT2D eigenvalue weighted by molar-refractivity contribution is 0.0696. The molecule has 2 aromatic rings. The molecule has 1 aromatic carbocycles. The van der Waals surface area contributed by atoms with E-state index >= 15 is 0 Å². The smallest absolute Gasteiger partial charge is 0.335 e. The maximum absolute atomic E-state index is 13.6. The van der Waals surface area contributed by atoms with Crippen LogP contribution in [-0.2, 0) is 5.75 Å². The van der Waals surface area contributed by atoms with Crippen LogP contribution in [0.25, 0.3) is 0 Å². The molecule has 4 nitrogen and oxygen atoms in total. The Morgan fingerprint density at radius 2 is 2.21 bits per heavy atom. The van der Waals surface area contributed by atoms with Gasteiger partial charge in [0.1, 0.15) is 11.6 Å². The number of benzene rings is 1. The number of rotatable bonds is 4. The van der Waals surface area contributed by atoms with Gasteiger partial charge in [-0.25, -0.2) is 14.2 Å². The Morgan fingerprint density at radius 3 is 2.79 bits per heavy atom. The van der Waals surface area contributed by atoms with Gasteiger partial charge in [0.2, 0.25) is 5.89 Å². The van der Waals surface area contributed by atoms with E-state index in [4.69, 9.17) is 9.52 Å². The van der Waals surface area contributed by atoms with Gasteiger partial charge in [0.15, 0.2) is 0 Å². The summed E-state index contributed by atoms with van der Waals surface area (Å²) >= 11 is 1.16. The molecule has 1 aromatic heterocycles. The standard InChI is InChI=1S/C13H12FNO3S/c1-7-8(2)18-12(15-7)6-19-11-5-9(13(16)17)3-4-10(11)14/h3-5H,6H2,1-2H3,(H,16,17). The average Bonchev–Trinajstić information content (AvgIpc) is 2.67. The summed E-state index contributed by atoms with van der Waals surface area (Å²) in [4.78, 5) is 15.3. The third kappa shape index (κ3) is 3.14. The lowest BCUT2D eigenvalue weighted by Crippen LogP contribution is -1.97. The van der Waals surface area contributed by atoms with Crippen molar-refractivity contribution in [2.75, 3.05) is 0 Å². The van der Waals surface area contributed by atoms with Crippen LogP contribution in [-0.4, -0.2) is 16.1 Å². The van der Waals surface area contributed by atoms with Crippen LogP contribution in [0, 0.1) is 19.7 Å². The summed E-state index contributed by atoms with van der Waals surface area (Å²) in [6, 6.07) is 3.70. The summed E-state index contributed by atoms with van der Waals surface area (Å²) < 4.78 is 18.9. The van der Waals surface area contributed by atoms with E-state index in [0.29, 0.717) is 11.6 Å². The molecular weight excluding hydrogens is 269 g/mol. The lowest BCUT2D eigenvalue weighted by Gasteiger charge is -2.02. The number of aromatic carboxylic acids is 1. The quantitative estimate of drug-likeness (QED) is 0.870. The molecule has 0 aliphatic heterocycles. The van der Waals surface area contributed by atoms with Gasteiger partial charge in [-0.3, -0.25) is 0 Å². The minimum Gasteiger partial charge on any atom is -0.478 e. The van der Waals surface area contributed by atoms with Crippen LogP contribution in [0.5, 0.6) is 0 Å². The fourth-order valence-electron chi connectivity index (χ4n) is 1.49. The number of carboxylic acid groups (broad SMARTS) is 1. The molecule has 0 atom stereocenters. The SMILES string of the molecule is Cc1nc(CSc2cc(C(=O)O)ccc2F)oc1C. The molecular formula is C13H12FNO3S. The number of hydrogen-bond acceptors (Lipinski definition) is 4. The summed E-state index contributed by atoms with van der Waals surface area (Å²) in [5.41, 5.74) is 0.860. The number of carbonyl (C=O) groups is 1. The largest absolute Gasteiger partial charge is 0.478 e. The summed E-state index contributed by atoms with van der Waals surface area (Å²) in [7, 11) is 0. The van der Waals surface area contributed by atoms with Crippen LogP contribution in [0.15, 0.2) is 27.5 Å². The number of aromatic nitrogens is 1. The molecule has 100 valence electrons. The first-order chi connectivity index (χ1) is 8.97. The van der Waals surface area contributed by atoms with Crippen molar-refractivity contribution in [1.29, 1.82) is 0 Å². The van der Waals surface area contributed by atoms with Crippen molar-refractivity contribution in [3.05, 3.63) is 46.9 Å². The van der Waals surface area contributed by atoms with Crippen LogP contribution in [0.1, 0.15) is 27.7 Å². The van der Waals surface area contributed by atoms with E-state index in [9.17, 15) is 9.18 Å². The number of oxazole rings is 1. The molecule has 0 bridgehead atoms. The molecule has 0 amide bonds. The van der Waals surface area contributed by atoms with E-state index in [1.165, 1.54) is 12.1 Å². The van der Waals surface area contributed by atoms with E-state index in [1.54, 1.807) is 0 Å². The molecule has 0 aliphatic carbocycles. The topological polar surface area (TPSA) is 63.3 Å². The van der Waals surface area contributed by atoms with Gasteiger partial charge in [-0.15, -0.1) is 11.8 Å². The normalized spacial score (nSPS) is 10.7. The minimum absolute atomic E-state index is 0.0589. The van der Waals surface area contributed by atoms with Crippen molar-refractivity contribution in [1.82, 2.24) is 4.98 Å². The van der Waals surface area contributed by atoms with E-state index in [1.807, 2.05) is 13.8 Å². The highest BCUT2D eigenvalue weighted by Crippen LogP contribution is 2.27. The van der Waals surface area contributed by atoms with Gasteiger partial charge in [0.05, 0.1) is 17.0 Å². The Labute approximate surface area is 113 Å². The number of aryl methyl sites for hydroxylation is 2. The zero-order chi connectivity index (χ0) is 14.0. The number of carboxylic acids is 1. The molecule has 0 saturated carbocycles. The Hall–Kier alpha value is -1.82. The molecule has 1 N–H and O–H groups in total. The maximum atomic E-state index is 13.6. The van der Waals surface area contributed by atoms with Crippen molar-refractivity contribution >= 4 is 17.7 Å². The van der Waals surface area contributed by atoms with Crippen molar-refractivity contribution in [3.63, 3.8) is 0 Å². The highest BCUT2D eigenvalue weighted by Gasteiger charge is 2.11. The van der Waals surface area contributed by atoms with E-state index in [0.717, 1.165) is 29.3 Å². The Morgan fingerprint density at radius 1 is 1.47 bits per heavy atom. The van der Waals surface area contributed by atoms with Gasteiger partial charge >= 0.3 is 5.97 Å². The Bertz CT molecular complexity index is 605. The molecule has 2 rings (SSSR count). The third-order valence-electron chi connectivity index (χ3n) is 2.60. The Balaban J connectivity index is 2.14. The molecule has 6 heteroatoms. The van der Waals surface area contributed by atoms with Gasteiger partial charge in [0, 0.05) is 4.90 Å².